The molecule has 0 atom stereocenters. The summed E-state index contributed by atoms with van der Waals surface area (Å²) in [6, 6.07) is 14.6. The highest BCUT2D eigenvalue weighted by Gasteiger charge is 2.42. The van der Waals surface area contributed by atoms with Crippen LogP contribution in [0.25, 0.3) is 11.0 Å². The fraction of sp³-hybridized carbons (Fsp3) is 0.333. The van der Waals surface area contributed by atoms with Crippen LogP contribution in [-0.4, -0.2) is 20.4 Å². The second-order valence-electron chi connectivity index (χ2n) is 6.46. The number of nitrogens with zero attached hydrogens (tertiary/aromatic N) is 3. The summed E-state index contributed by atoms with van der Waals surface area (Å²) in [5, 5.41) is 9.64. The number of benzene rings is 1. The van der Waals surface area contributed by atoms with E-state index < -0.39 is 0 Å². The second-order valence-corrected chi connectivity index (χ2v) is 6.84. The SMILES string of the molecule is CC1(OCc2ccccc2)CC(n2ccc3cc(Cl)nnc32)C1. The minimum absolute atomic E-state index is 0.0725. The average Bonchev–Trinajstić information content (AvgIpc) is 2.94. The topological polar surface area (TPSA) is 39.9 Å². The maximum Gasteiger partial charge on any atom is 0.162 e. The first-order chi connectivity index (χ1) is 11.1. The van der Waals surface area contributed by atoms with E-state index in [-0.39, 0.29) is 5.60 Å². The van der Waals surface area contributed by atoms with Gasteiger partial charge in [-0.25, -0.2) is 0 Å². The smallest absolute Gasteiger partial charge is 0.162 e. The molecule has 0 bridgehead atoms. The Kier molecular flexibility index (Phi) is 3.58. The summed E-state index contributed by atoms with van der Waals surface area (Å²) in [6.07, 6.45) is 4.03. The molecule has 4 rings (SSSR count). The lowest BCUT2D eigenvalue weighted by Crippen LogP contribution is -2.44. The quantitative estimate of drug-likeness (QED) is 0.713. The molecule has 2 aromatic heterocycles. The number of ether oxygens (including phenoxy) is 1. The van der Waals surface area contributed by atoms with Gasteiger partial charge in [0.2, 0.25) is 0 Å². The fourth-order valence-corrected chi connectivity index (χ4v) is 3.46. The van der Waals surface area contributed by atoms with Gasteiger partial charge in [-0.1, -0.05) is 41.9 Å². The van der Waals surface area contributed by atoms with Crippen molar-refractivity contribution in [1.29, 1.82) is 0 Å². The molecule has 1 aromatic carbocycles. The van der Waals surface area contributed by atoms with Crippen molar-refractivity contribution in [3.63, 3.8) is 0 Å². The Bertz CT molecular complexity index is 825. The van der Waals surface area contributed by atoms with Crippen LogP contribution in [0.1, 0.15) is 31.4 Å². The standard InChI is InChI=1S/C18H18ClN3O/c1-18(23-12-13-5-3-2-4-6-13)10-15(11-18)22-8-7-14-9-16(19)20-21-17(14)22/h2-9,15H,10-12H2,1H3. The van der Waals surface area contributed by atoms with Crippen molar-refractivity contribution in [2.45, 2.75) is 38.0 Å². The van der Waals surface area contributed by atoms with Crippen LogP contribution in [0.15, 0.2) is 48.7 Å². The molecule has 1 fully saturated rings. The second kappa shape index (κ2) is 5.62. The monoisotopic (exact) mass is 327 g/mol. The lowest BCUT2D eigenvalue weighted by Gasteiger charge is -2.45. The minimum atomic E-state index is -0.0725. The Hall–Kier alpha value is -1.91. The number of rotatable bonds is 4. The van der Waals surface area contributed by atoms with Gasteiger partial charge in [0.1, 0.15) is 0 Å². The van der Waals surface area contributed by atoms with E-state index in [0.717, 1.165) is 23.9 Å². The zero-order valence-electron chi connectivity index (χ0n) is 12.9. The molecule has 118 valence electrons. The van der Waals surface area contributed by atoms with E-state index in [4.69, 9.17) is 16.3 Å². The van der Waals surface area contributed by atoms with E-state index in [1.165, 1.54) is 5.56 Å². The van der Waals surface area contributed by atoms with Gasteiger partial charge in [0.05, 0.1) is 12.2 Å². The highest BCUT2D eigenvalue weighted by molar-refractivity contribution is 6.29. The largest absolute Gasteiger partial charge is 0.370 e. The normalized spacial score (nSPS) is 23.8. The predicted molar refractivity (Wildman–Crippen MR) is 90.4 cm³/mol. The van der Waals surface area contributed by atoms with Crippen molar-refractivity contribution in [2.75, 3.05) is 0 Å². The third-order valence-corrected chi connectivity index (χ3v) is 4.78. The van der Waals surface area contributed by atoms with Crippen molar-refractivity contribution in [3.8, 4) is 0 Å². The van der Waals surface area contributed by atoms with Gasteiger partial charge >= 0.3 is 0 Å². The number of fused-ring (bicyclic) bond motifs is 1. The average molecular weight is 328 g/mol. The molecule has 0 N–H and O–H groups in total. The van der Waals surface area contributed by atoms with Crippen LogP contribution in [0.4, 0.5) is 0 Å². The van der Waals surface area contributed by atoms with Gasteiger partial charge in [-0.3, -0.25) is 0 Å². The number of hydrogen-bond acceptors (Lipinski definition) is 3. The Balaban J connectivity index is 1.43. The highest BCUT2D eigenvalue weighted by atomic mass is 35.5. The van der Waals surface area contributed by atoms with Gasteiger partial charge < -0.3 is 9.30 Å². The van der Waals surface area contributed by atoms with E-state index >= 15 is 0 Å². The lowest BCUT2D eigenvalue weighted by atomic mass is 9.76. The van der Waals surface area contributed by atoms with Crippen molar-refractivity contribution in [3.05, 3.63) is 59.4 Å². The Morgan fingerprint density at radius 3 is 2.78 bits per heavy atom. The van der Waals surface area contributed by atoms with Crippen LogP contribution < -0.4 is 0 Å². The first-order valence-corrected chi connectivity index (χ1v) is 8.18. The molecule has 0 unspecified atom stereocenters. The molecule has 1 aliphatic carbocycles. The van der Waals surface area contributed by atoms with E-state index in [2.05, 4.69) is 40.0 Å². The zero-order valence-corrected chi connectivity index (χ0v) is 13.7. The van der Waals surface area contributed by atoms with Crippen LogP contribution >= 0.6 is 11.6 Å². The minimum Gasteiger partial charge on any atom is -0.370 e. The predicted octanol–water partition coefficient (Wildman–Crippen LogP) is 4.40. The molecule has 1 saturated carbocycles. The Morgan fingerprint density at radius 1 is 1.22 bits per heavy atom. The molecule has 5 heteroatoms. The number of hydrogen-bond donors (Lipinski definition) is 0. The third-order valence-electron chi connectivity index (χ3n) is 4.59. The van der Waals surface area contributed by atoms with E-state index in [1.807, 2.05) is 30.3 Å². The Labute approximate surface area is 140 Å². The molecular weight excluding hydrogens is 310 g/mol. The lowest BCUT2D eigenvalue weighted by molar-refractivity contribution is -0.118. The van der Waals surface area contributed by atoms with E-state index in [0.29, 0.717) is 17.8 Å². The summed E-state index contributed by atoms with van der Waals surface area (Å²) in [7, 11) is 0. The number of aromatic nitrogens is 3. The summed E-state index contributed by atoms with van der Waals surface area (Å²) in [5.41, 5.74) is 2.03. The molecular formula is C18H18ClN3O. The van der Waals surface area contributed by atoms with Crippen LogP contribution in [0.5, 0.6) is 0 Å². The van der Waals surface area contributed by atoms with Gasteiger partial charge in [0, 0.05) is 17.6 Å². The highest BCUT2D eigenvalue weighted by Crippen LogP contribution is 2.45. The molecule has 23 heavy (non-hydrogen) atoms. The Morgan fingerprint density at radius 2 is 2.00 bits per heavy atom. The molecule has 3 aromatic rings. The maximum absolute atomic E-state index is 6.14. The van der Waals surface area contributed by atoms with Gasteiger partial charge in [-0.15, -0.1) is 10.2 Å². The van der Waals surface area contributed by atoms with Gasteiger partial charge in [-0.05, 0) is 37.5 Å². The van der Waals surface area contributed by atoms with Crippen LogP contribution in [-0.2, 0) is 11.3 Å². The summed E-state index contributed by atoms with van der Waals surface area (Å²) >= 11 is 5.90. The maximum atomic E-state index is 6.14. The summed E-state index contributed by atoms with van der Waals surface area (Å²) in [6.45, 7) is 2.84. The first-order valence-electron chi connectivity index (χ1n) is 7.81. The zero-order chi connectivity index (χ0) is 15.9. The van der Waals surface area contributed by atoms with Crippen LogP contribution in [0, 0.1) is 0 Å². The summed E-state index contributed by atoms with van der Waals surface area (Å²) in [4.78, 5) is 0. The van der Waals surface area contributed by atoms with Crippen molar-refractivity contribution < 1.29 is 4.74 Å². The van der Waals surface area contributed by atoms with Gasteiger partial charge in [0.15, 0.2) is 10.8 Å². The van der Waals surface area contributed by atoms with Crippen LogP contribution in [0.2, 0.25) is 5.15 Å². The van der Waals surface area contributed by atoms with E-state index in [1.54, 1.807) is 0 Å². The third kappa shape index (κ3) is 2.84. The molecule has 0 radical (unpaired) electrons. The van der Waals surface area contributed by atoms with Gasteiger partial charge in [-0.2, -0.15) is 0 Å². The first kappa shape index (κ1) is 14.7. The molecule has 0 aliphatic heterocycles. The number of halogens is 1. The molecule has 4 nitrogen and oxygen atoms in total. The van der Waals surface area contributed by atoms with Crippen molar-refractivity contribution in [2.24, 2.45) is 0 Å². The van der Waals surface area contributed by atoms with Crippen LogP contribution in [0.3, 0.4) is 0 Å². The van der Waals surface area contributed by atoms with E-state index in [9.17, 15) is 0 Å². The summed E-state index contributed by atoms with van der Waals surface area (Å²) in [5.74, 6) is 0. The van der Waals surface area contributed by atoms with Crippen molar-refractivity contribution in [1.82, 2.24) is 14.8 Å². The molecule has 0 spiro atoms. The fourth-order valence-electron chi connectivity index (χ4n) is 3.31. The molecule has 0 saturated heterocycles. The van der Waals surface area contributed by atoms with Gasteiger partial charge in [0.25, 0.3) is 0 Å². The van der Waals surface area contributed by atoms with Crippen molar-refractivity contribution >= 4 is 22.6 Å². The molecule has 1 aliphatic rings. The molecule has 0 amide bonds. The molecule has 2 heterocycles. The summed E-state index contributed by atoms with van der Waals surface area (Å²) < 4.78 is 8.33.